The summed E-state index contributed by atoms with van der Waals surface area (Å²) >= 11 is 0. The van der Waals surface area contributed by atoms with Gasteiger partial charge in [-0.05, 0) is 44.2 Å². The van der Waals surface area contributed by atoms with E-state index in [2.05, 4.69) is 9.97 Å². The molecule has 1 aromatic heterocycles. The lowest BCUT2D eigenvalue weighted by atomic mass is 10.1. The van der Waals surface area contributed by atoms with Crippen molar-refractivity contribution in [2.24, 2.45) is 0 Å². The highest BCUT2D eigenvalue weighted by Crippen LogP contribution is 2.16. The van der Waals surface area contributed by atoms with E-state index >= 15 is 0 Å². The fourth-order valence-electron chi connectivity index (χ4n) is 2.37. The average Bonchev–Trinajstić information content (AvgIpc) is 2.60. The Kier molecular flexibility index (Phi) is 4.71. The van der Waals surface area contributed by atoms with Crippen molar-refractivity contribution >= 4 is 22.8 Å². The maximum atomic E-state index is 13.6. The van der Waals surface area contributed by atoms with Crippen LogP contribution in [0.5, 0.6) is 0 Å². The molecule has 0 aliphatic heterocycles. The standard InChI is InChI=1S/C19H14F2N2O3/c1-10-11(2)23-17-7-12(3-6-16(17)22-10)19(25)26-9-18(24)14-5-4-13(20)8-15(14)21/h3-8H,9H2,1-2H3. The molecule has 26 heavy (non-hydrogen) atoms. The molecule has 0 bridgehead atoms. The molecule has 0 radical (unpaired) electrons. The lowest BCUT2D eigenvalue weighted by Crippen LogP contribution is -2.15. The van der Waals surface area contributed by atoms with Crippen molar-refractivity contribution in [3.63, 3.8) is 0 Å². The van der Waals surface area contributed by atoms with Crippen LogP contribution in [0, 0.1) is 25.5 Å². The first kappa shape index (κ1) is 17.6. The molecule has 7 heteroatoms. The third-order valence-corrected chi connectivity index (χ3v) is 3.88. The molecule has 0 unspecified atom stereocenters. The number of rotatable bonds is 4. The van der Waals surface area contributed by atoms with Gasteiger partial charge in [-0.3, -0.25) is 4.79 Å². The molecule has 132 valence electrons. The van der Waals surface area contributed by atoms with Gasteiger partial charge in [0.25, 0.3) is 0 Å². The lowest BCUT2D eigenvalue weighted by Gasteiger charge is -2.07. The number of benzene rings is 2. The van der Waals surface area contributed by atoms with Gasteiger partial charge in [0.2, 0.25) is 5.78 Å². The third-order valence-electron chi connectivity index (χ3n) is 3.88. The van der Waals surface area contributed by atoms with Crippen LogP contribution in [0.1, 0.15) is 32.1 Å². The molecule has 2 aromatic carbocycles. The number of nitrogens with zero attached hydrogens (tertiary/aromatic N) is 2. The molecule has 3 aromatic rings. The molecule has 0 aliphatic rings. The van der Waals surface area contributed by atoms with Crippen LogP contribution < -0.4 is 0 Å². The molecule has 0 saturated carbocycles. The Balaban J connectivity index is 1.74. The van der Waals surface area contributed by atoms with Gasteiger partial charge < -0.3 is 4.74 Å². The predicted molar refractivity (Wildman–Crippen MR) is 90.0 cm³/mol. The number of aryl methyl sites for hydroxylation is 2. The second-order valence-corrected chi connectivity index (χ2v) is 5.72. The smallest absolute Gasteiger partial charge is 0.338 e. The summed E-state index contributed by atoms with van der Waals surface area (Å²) in [6, 6.07) is 7.23. The van der Waals surface area contributed by atoms with Crippen LogP contribution in [0.4, 0.5) is 8.78 Å². The van der Waals surface area contributed by atoms with E-state index in [9.17, 15) is 18.4 Å². The van der Waals surface area contributed by atoms with E-state index in [1.165, 1.54) is 12.1 Å². The van der Waals surface area contributed by atoms with Crippen LogP contribution in [-0.2, 0) is 4.74 Å². The Hall–Kier alpha value is -3.22. The van der Waals surface area contributed by atoms with Crippen LogP contribution >= 0.6 is 0 Å². The van der Waals surface area contributed by atoms with Crippen LogP contribution in [0.2, 0.25) is 0 Å². The second-order valence-electron chi connectivity index (χ2n) is 5.72. The summed E-state index contributed by atoms with van der Waals surface area (Å²) in [5, 5.41) is 0. The fourth-order valence-corrected chi connectivity index (χ4v) is 2.37. The predicted octanol–water partition coefficient (Wildman–Crippen LogP) is 3.56. The third kappa shape index (κ3) is 3.56. The summed E-state index contributed by atoms with van der Waals surface area (Å²) in [7, 11) is 0. The molecule has 0 fully saturated rings. The highest BCUT2D eigenvalue weighted by atomic mass is 19.1. The molecule has 0 atom stereocenters. The van der Waals surface area contributed by atoms with Gasteiger partial charge in [0, 0.05) is 6.07 Å². The zero-order valence-electron chi connectivity index (χ0n) is 14.0. The van der Waals surface area contributed by atoms with Gasteiger partial charge in [0.15, 0.2) is 6.61 Å². The summed E-state index contributed by atoms with van der Waals surface area (Å²) in [5.41, 5.74) is 2.55. The molecule has 0 aliphatic carbocycles. The van der Waals surface area contributed by atoms with Gasteiger partial charge in [0.05, 0.1) is 33.5 Å². The largest absolute Gasteiger partial charge is 0.454 e. The highest BCUT2D eigenvalue weighted by Gasteiger charge is 2.16. The molecule has 0 N–H and O–H groups in total. The summed E-state index contributed by atoms with van der Waals surface area (Å²) in [6.07, 6.45) is 0. The molecule has 0 spiro atoms. The number of aromatic nitrogens is 2. The summed E-state index contributed by atoms with van der Waals surface area (Å²) in [4.78, 5) is 32.8. The van der Waals surface area contributed by atoms with Crippen LogP contribution in [0.3, 0.4) is 0 Å². The Bertz CT molecular complexity index is 1030. The monoisotopic (exact) mass is 356 g/mol. The van der Waals surface area contributed by atoms with Gasteiger partial charge in [-0.15, -0.1) is 0 Å². The molecule has 0 amide bonds. The molecule has 3 rings (SSSR count). The number of ether oxygens (including phenoxy) is 1. The number of Topliss-reactive ketones (excluding diaryl/α,β-unsaturated/α-hetero) is 1. The fraction of sp³-hybridized carbons (Fsp3) is 0.158. The van der Waals surface area contributed by atoms with E-state index in [1.807, 2.05) is 13.8 Å². The SMILES string of the molecule is Cc1nc2ccc(C(=O)OCC(=O)c3ccc(F)cc3F)cc2nc1C. The van der Waals surface area contributed by atoms with Crippen LogP contribution in [0.25, 0.3) is 11.0 Å². The van der Waals surface area contributed by atoms with Crippen molar-refractivity contribution in [3.8, 4) is 0 Å². The van der Waals surface area contributed by atoms with Gasteiger partial charge in [-0.1, -0.05) is 0 Å². The van der Waals surface area contributed by atoms with E-state index in [0.29, 0.717) is 17.1 Å². The van der Waals surface area contributed by atoms with Crippen molar-refractivity contribution in [2.75, 3.05) is 6.61 Å². The number of carbonyl (C=O) groups is 2. The normalized spacial score (nSPS) is 10.8. The zero-order chi connectivity index (χ0) is 18.8. The molecule has 1 heterocycles. The topological polar surface area (TPSA) is 69.2 Å². The minimum Gasteiger partial charge on any atom is -0.454 e. The first-order chi connectivity index (χ1) is 12.3. The van der Waals surface area contributed by atoms with Crippen molar-refractivity contribution in [1.82, 2.24) is 9.97 Å². The van der Waals surface area contributed by atoms with E-state index in [4.69, 9.17) is 4.74 Å². The molecular formula is C19H14F2N2O3. The summed E-state index contributed by atoms with van der Waals surface area (Å²) in [6.45, 7) is 2.99. The Morgan fingerprint density at radius 1 is 0.962 bits per heavy atom. The number of hydrogen-bond donors (Lipinski definition) is 0. The van der Waals surface area contributed by atoms with Gasteiger partial charge in [0.1, 0.15) is 11.6 Å². The van der Waals surface area contributed by atoms with Gasteiger partial charge in [-0.25, -0.2) is 23.5 Å². The lowest BCUT2D eigenvalue weighted by molar-refractivity contribution is 0.0473. The zero-order valence-corrected chi connectivity index (χ0v) is 14.0. The number of esters is 1. The van der Waals surface area contributed by atoms with Crippen LogP contribution in [0.15, 0.2) is 36.4 Å². The number of halogens is 2. The maximum absolute atomic E-state index is 13.6. The molecular weight excluding hydrogens is 342 g/mol. The number of fused-ring (bicyclic) bond motifs is 1. The Labute approximate surface area is 147 Å². The number of hydrogen-bond acceptors (Lipinski definition) is 5. The van der Waals surface area contributed by atoms with Crippen molar-refractivity contribution in [2.45, 2.75) is 13.8 Å². The first-order valence-electron chi connectivity index (χ1n) is 7.75. The van der Waals surface area contributed by atoms with Gasteiger partial charge >= 0.3 is 5.97 Å². The molecule has 0 saturated heterocycles. The minimum atomic E-state index is -1.00. The van der Waals surface area contributed by atoms with E-state index < -0.39 is 30.0 Å². The van der Waals surface area contributed by atoms with Crippen molar-refractivity contribution < 1.29 is 23.1 Å². The molecule has 5 nitrogen and oxygen atoms in total. The summed E-state index contributed by atoms with van der Waals surface area (Å²) < 4.78 is 31.4. The first-order valence-corrected chi connectivity index (χ1v) is 7.75. The Morgan fingerprint density at radius 3 is 2.35 bits per heavy atom. The van der Waals surface area contributed by atoms with Crippen LogP contribution in [-0.4, -0.2) is 28.3 Å². The number of ketones is 1. The minimum absolute atomic E-state index is 0.197. The number of carbonyl (C=O) groups excluding carboxylic acids is 2. The maximum Gasteiger partial charge on any atom is 0.338 e. The highest BCUT2D eigenvalue weighted by molar-refractivity contribution is 6.00. The second kappa shape index (κ2) is 6.95. The van der Waals surface area contributed by atoms with Crippen molar-refractivity contribution in [1.29, 1.82) is 0 Å². The summed E-state index contributed by atoms with van der Waals surface area (Å²) in [5.74, 6) is -3.30. The van der Waals surface area contributed by atoms with E-state index in [-0.39, 0.29) is 11.1 Å². The average molecular weight is 356 g/mol. The van der Waals surface area contributed by atoms with Gasteiger partial charge in [-0.2, -0.15) is 0 Å². The Morgan fingerprint density at radius 2 is 1.65 bits per heavy atom. The van der Waals surface area contributed by atoms with E-state index in [0.717, 1.165) is 23.5 Å². The van der Waals surface area contributed by atoms with E-state index in [1.54, 1.807) is 6.07 Å². The quantitative estimate of drug-likeness (QED) is 0.528. The van der Waals surface area contributed by atoms with Crippen molar-refractivity contribution in [3.05, 3.63) is 70.5 Å².